The number of fused-ring (bicyclic) bond motifs is 2. The molecule has 0 radical (unpaired) electrons. The van der Waals surface area contributed by atoms with E-state index in [0.29, 0.717) is 0 Å². The molecule has 150 valence electrons. The highest BCUT2D eigenvalue weighted by Gasteiger charge is 2.27. The van der Waals surface area contributed by atoms with Crippen LogP contribution >= 0.6 is 12.4 Å². The van der Waals surface area contributed by atoms with Crippen LogP contribution < -0.4 is 10.6 Å². The first-order chi connectivity index (χ1) is 13.7. The monoisotopic (exact) mass is 407 g/mol. The first-order valence-corrected chi connectivity index (χ1v) is 10.2. The van der Waals surface area contributed by atoms with Gasteiger partial charge < -0.3 is 10.6 Å². The van der Waals surface area contributed by atoms with Crippen molar-refractivity contribution >= 4 is 35.3 Å². The van der Waals surface area contributed by atoms with Gasteiger partial charge in [0.1, 0.15) is 0 Å². The molecule has 5 heteroatoms. The zero-order valence-electron chi connectivity index (χ0n) is 16.4. The molecule has 2 aromatic carbocycles. The Morgan fingerprint density at radius 2 is 1.93 bits per heavy atom. The van der Waals surface area contributed by atoms with Crippen LogP contribution in [-0.4, -0.2) is 30.4 Å². The maximum Gasteiger partial charge on any atom is 0.150 e. The van der Waals surface area contributed by atoms with E-state index in [1.54, 1.807) is 0 Å². The minimum atomic E-state index is 0. The van der Waals surface area contributed by atoms with Gasteiger partial charge in [-0.1, -0.05) is 30.3 Å². The molecule has 2 N–H and O–H groups in total. The molecule has 0 spiro atoms. The molecule has 0 saturated carbocycles. The van der Waals surface area contributed by atoms with Crippen molar-refractivity contribution in [3.63, 3.8) is 0 Å². The molecule has 0 unspecified atom stereocenters. The number of hydrogen-bond donors (Lipinski definition) is 1. The number of nitrogens with zero attached hydrogens (tertiary/aromatic N) is 2. The van der Waals surface area contributed by atoms with Crippen LogP contribution in [0.3, 0.4) is 0 Å². The summed E-state index contributed by atoms with van der Waals surface area (Å²) in [5, 5.41) is 1.19. The van der Waals surface area contributed by atoms with Gasteiger partial charge in [-0.3, -0.25) is 9.78 Å². The average molecular weight is 408 g/mol. The summed E-state index contributed by atoms with van der Waals surface area (Å²) in [6.45, 7) is 1.91. The fraction of sp³-hybridized carbons (Fsp3) is 0.333. The number of aromatic nitrogens is 1. The van der Waals surface area contributed by atoms with Crippen molar-refractivity contribution in [2.24, 2.45) is 5.73 Å². The number of aldehydes is 1. The van der Waals surface area contributed by atoms with Crippen molar-refractivity contribution in [2.75, 3.05) is 18.0 Å². The Morgan fingerprint density at radius 1 is 1.10 bits per heavy atom. The van der Waals surface area contributed by atoms with E-state index >= 15 is 0 Å². The normalized spacial score (nSPS) is 18.4. The van der Waals surface area contributed by atoms with E-state index in [1.165, 1.54) is 35.2 Å². The van der Waals surface area contributed by atoms with Crippen LogP contribution in [-0.2, 0) is 12.8 Å². The van der Waals surface area contributed by atoms with Crippen LogP contribution in [0.1, 0.15) is 40.9 Å². The second-order valence-corrected chi connectivity index (χ2v) is 8.02. The molecule has 1 aliphatic heterocycles. The lowest BCUT2D eigenvalue weighted by Crippen LogP contribution is -2.28. The average Bonchev–Trinajstić information content (AvgIpc) is 3.17. The highest BCUT2D eigenvalue weighted by Crippen LogP contribution is 2.39. The maximum atomic E-state index is 11.5. The summed E-state index contributed by atoms with van der Waals surface area (Å²) >= 11 is 0. The van der Waals surface area contributed by atoms with Gasteiger partial charge in [0.25, 0.3) is 0 Å². The quantitative estimate of drug-likeness (QED) is 0.647. The first-order valence-electron chi connectivity index (χ1n) is 10.2. The fourth-order valence-electron chi connectivity index (χ4n) is 4.78. The molecule has 2 aliphatic rings. The van der Waals surface area contributed by atoms with Gasteiger partial charge in [-0.2, -0.15) is 0 Å². The van der Waals surface area contributed by atoms with Crippen molar-refractivity contribution in [3.8, 4) is 11.1 Å². The third kappa shape index (κ3) is 3.52. The number of nitrogens with two attached hydrogens (primary N) is 1. The van der Waals surface area contributed by atoms with Gasteiger partial charge in [-0.15, -0.1) is 12.4 Å². The number of benzene rings is 2. The molecule has 29 heavy (non-hydrogen) atoms. The van der Waals surface area contributed by atoms with Gasteiger partial charge in [-0.05, 0) is 60.9 Å². The lowest BCUT2D eigenvalue weighted by atomic mass is 9.91. The van der Waals surface area contributed by atoms with E-state index in [9.17, 15) is 4.79 Å². The minimum Gasteiger partial charge on any atom is -0.369 e. The molecular weight excluding hydrogens is 382 g/mol. The fourth-order valence-corrected chi connectivity index (χ4v) is 4.78. The smallest absolute Gasteiger partial charge is 0.150 e. The van der Waals surface area contributed by atoms with Crippen LogP contribution in [0.5, 0.6) is 0 Å². The van der Waals surface area contributed by atoms with Gasteiger partial charge in [0.15, 0.2) is 6.29 Å². The van der Waals surface area contributed by atoms with E-state index in [1.807, 2.05) is 24.3 Å². The summed E-state index contributed by atoms with van der Waals surface area (Å²) in [5.41, 5.74) is 14.1. The van der Waals surface area contributed by atoms with E-state index < -0.39 is 0 Å². The molecular formula is C24H26ClN3O. The molecule has 4 nitrogen and oxygen atoms in total. The summed E-state index contributed by atoms with van der Waals surface area (Å²) in [6.07, 6.45) is 6.57. The Morgan fingerprint density at radius 3 is 2.72 bits per heavy atom. The van der Waals surface area contributed by atoms with Gasteiger partial charge in [0, 0.05) is 35.8 Å². The zero-order valence-corrected chi connectivity index (χ0v) is 17.3. The second kappa shape index (κ2) is 8.13. The molecule has 1 fully saturated rings. The highest BCUT2D eigenvalue weighted by molar-refractivity contribution is 5.98. The van der Waals surface area contributed by atoms with Crippen molar-refractivity contribution in [2.45, 2.75) is 38.1 Å². The third-order valence-corrected chi connectivity index (χ3v) is 6.17. The van der Waals surface area contributed by atoms with E-state index in [-0.39, 0.29) is 18.4 Å². The van der Waals surface area contributed by atoms with Crippen molar-refractivity contribution in [3.05, 3.63) is 59.3 Å². The highest BCUT2D eigenvalue weighted by atomic mass is 35.5. The van der Waals surface area contributed by atoms with Crippen LogP contribution in [0.25, 0.3) is 22.0 Å². The van der Waals surface area contributed by atoms with Crippen molar-refractivity contribution in [1.29, 1.82) is 0 Å². The van der Waals surface area contributed by atoms with Crippen LogP contribution in [0.4, 0.5) is 5.69 Å². The van der Waals surface area contributed by atoms with Crippen molar-refractivity contribution in [1.82, 2.24) is 4.98 Å². The summed E-state index contributed by atoms with van der Waals surface area (Å²) in [5.74, 6) is 0. The van der Waals surface area contributed by atoms with E-state index in [4.69, 9.17) is 10.7 Å². The van der Waals surface area contributed by atoms with Crippen LogP contribution in [0.2, 0.25) is 0 Å². The van der Waals surface area contributed by atoms with Gasteiger partial charge in [0.2, 0.25) is 0 Å². The third-order valence-electron chi connectivity index (χ3n) is 6.17. The van der Waals surface area contributed by atoms with Gasteiger partial charge >= 0.3 is 0 Å². The molecule has 1 aromatic heterocycles. The standard InChI is InChI=1S/C24H25N3O.ClH/c25-18-11-12-27(14-18)24-20-7-3-4-8-22(20)26-23-10-9-16(13-21(23)24)19-6-2-1-5-17(19)15-28;/h1-2,5-6,9-10,13,15,18H,3-4,7-8,11-12,14,25H2;1H/t18-;/m0./s1. The summed E-state index contributed by atoms with van der Waals surface area (Å²) in [6, 6.07) is 14.4. The second-order valence-electron chi connectivity index (χ2n) is 8.02. The predicted molar refractivity (Wildman–Crippen MR) is 121 cm³/mol. The largest absolute Gasteiger partial charge is 0.369 e. The summed E-state index contributed by atoms with van der Waals surface area (Å²) < 4.78 is 0. The number of aryl methyl sites for hydroxylation is 1. The van der Waals surface area contributed by atoms with E-state index in [2.05, 4.69) is 23.1 Å². The first kappa shape index (κ1) is 19.9. The number of hydrogen-bond acceptors (Lipinski definition) is 4. The van der Waals surface area contributed by atoms with Gasteiger partial charge in [0.05, 0.1) is 11.2 Å². The Hall–Kier alpha value is -2.43. The Bertz CT molecular complexity index is 1070. The topological polar surface area (TPSA) is 59.2 Å². The molecule has 0 amide bonds. The number of halogens is 1. The zero-order chi connectivity index (χ0) is 19.1. The number of rotatable bonds is 3. The molecule has 3 aromatic rings. The molecule has 0 bridgehead atoms. The molecule has 5 rings (SSSR count). The summed E-state index contributed by atoms with van der Waals surface area (Å²) in [7, 11) is 0. The van der Waals surface area contributed by atoms with Crippen LogP contribution in [0.15, 0.2) is 42.5 Å². The lowest BCUT2D eigenvalue weighted by Gasteiger charge is -2.28. The lowest BCUT2D eigenvalue weighted by molar-refractivity contribution is 0.112. The van der Waals surface area contributed by atoms with E-state index in [0.717, 1.165) is 60.8 Å². The number of carbonyl (C=O) groups is 1. The molecule has 1 aliphatic carbocycles. The predicted octanol–water partition coefficient (Wildman–Crippen LogP) is 4.55. The minimum absolute atomic E-state index is 0. The Kier molecular flexibility index (Phi) is 5.57. The maximum absolute atomic E-state index is 11.5. The van der Waals surface area contributed by atoms with Gasteiger partial charge in [-0.25, -0.2) is 0 Å². The number of pyridine rings is 1. The molecule has 1 saturated heterocycles. The summed E-state index contributed by atoms with van der Waals surface area (Å²) in [4.78, 5) is 19.0. The number of anilines is 1. The molecule has 2 heterocycles. The number of carbonyl (C=O) groups excluding carboxylic acids is 1. The Balaban J connectivity index is 0.00000205. The van der Waals surface area contributed by atoms with Crippen molar-refractivity contribution < 1.29 is 4.79 Å². The SMILES string of the molecule is Cl.N[C@H]1CCN(c2c3c(nc4ccc(-c5ccccc5C=O)cc24)CCCC3)C1. The Labute approximate surface area is 177 Å². The van der Waals surface area contributed by atoms with Crippen LogP contribution in [0, 0.1) is 0 Å². The molecule has 1 atom stereocenters.